The summed E-state index contributed by atoms with van der Waals surface area (Å²) in [4.78, 5) is 6.52. The minimum atomic E-state index is -4.36. The number of halogens is 4. The summed E-state index contributed by atoms with van der Waals surface area (Å²) in [7, 11) is 0. The number of aromatic nitrogens is 2. The molecule has 0 fully saturated rings. The van der Waals surface area contributed by atoms with E-state index in [4.69, 9.17) is 0 Å². The summed E-state index contributed by atoms with van der Waals surface area (Å²) in [6.07, 6.45) is -3.00. The highest BCUT2D eigenvalue weighted by molar-refractivity contribution is 9.10. The van der Waals surface area contributed by atoms with Gasteiger partial charge >= 0.3 is 6.18 Å². The zero-order valence-electron chi connectivity index (χ0n) is 6.69. The van der Waals surface area contributed by atoms with E-state index in [1.54, 1.807) is 0 Å². The lowest BCUT2D eigenvalue weighted by Crippen LogP contribution is -2.05. The summed E-state index contributed by atoms with van der Waals surface area (Å²) in [6, 6.07) is 2.38. The van der Waals surface area contributed by atoms with Gasteiger partial charge in [0.25, 0.3) is 0 Å². The molecule has 2 nitrogen and oxygen atoms in total. The molecule has 1 aromatic carbocycles. The number of nitrogens with zero attached hydrogens (tertiary/aromatic N) is 1. The topological polar surface area (TPSA) is 28.7 Å². The number of benzene rings is 1. The molecule has 1 aromatic heterocycles. The van der Waals surface area contributed by atoms with Crippen LogP contribution in [0.15, 0.2) is 22.9 Å². The molecule has 0 spiro atoms. The number of H-pyrrole nitrogens is 1. The maximum Gasteiger partial charge on any atom is 0.417 e. The third-order valence-electron chi connectivity index (χ3n) is 1.84. The molecule has 0 amide bonds. The highest BCUT2D eigenvalue weighted by Crippen LogP contribution is 2.37. The molecule has 0 radical (unpaired) electrons. The molecule has 0 aliphatic carbocycles. The Kier molecular flexibility index (Phi) is 2.02. The molecule has 74 valence electrons. The number of hydrogen-bond donors (Lipinski definition) is 1. The fourth-order valence-corrected chi connectivity index (χ4v) is 1.87. The van der Waals surface area contributed by atoms with E-state index in [0.29, 0.717) is 11.0 Å². The van der Waals surface area contributed by atoms with Crippen LogP contribution in [0.4, 0.5) is 13.2 Å². The molecule has 2 aromatic rings. The van der Waals surface area contributed by atoms with Crippen LogP contribution >= 0.6 is 15.9 Å². The largest absolute Gasteiger partial charge is 0.417 e. The van der Waals surface area contributed by atoms with Gasteiger partial charge in [-0.1, -0.05) is 0 Å². The first kappa shape index (κ1) is 9.51. The van der Waals surface area contributed by atoms with Crippen LogP contribution in [-0.2, 0) is 6.18 Å². The van der Waals surface area contributed by atoms with E-state index in [2.05, 4.69) is 25.9 Å². The number of fused-ring (bicyclic) bond motifs is 1. The van der Waals surface area contributed by atoms with Crippen molar-refractivity contribution in [2.24, 2.45) is 0 Å². The molecule has 0 aliphatic heterocycles. The Balaban J connectivity index is 2.74. The van der Waals surface area contributed by atoms with Gasteiger partial charge in [-0.3, -0.25) is 0 Å². The van der Waals surface area contributed by atoms with Crippen LogP contribution in [0.25, 0.3) is 11.0 Å². The van der Waals surface area contributed by atoms with Gasteiger partial charge in [0.1, 0.15) is 5.52 Å². The maximum absolute atomic E-state index is 12.4. The fraction of sp³-hybridized carbons (Fsp3) is 0.125. The molecule has 0 aliphatic rings. The SMILES string of the molecule is FC(F)(F)c1ccc2[nH]cnc2c1Br. The number of hydrogen-bond acceptors (Lipinski definition) is 1. The summed E-state index contributed by atoms with van der Waals surface area (Å²) in [5.74, 6) is 0. The first-order valence-corrected chi connectivity index (χ1v) is 4.48. The summed E-state index contributed by atoms with van der Waals surface area (Å²) in [5, 5.41) is 0. The van der Waals surface area contributed by atoms with Crippen LogP contribution in [0.5, 0.6) is 0 Å². The first-order valence-electron chi connectivity index (χ1n) is 3.69. The molecular formula is C8H4BrF3N2. The molecule has 0 atom stereocenters. The molecule has 0 saturated carbocycles. The maximum atomic E-state index is 12.4. The predicted octanol–water partition coefficient (Wildman–Crippen LogP) is 3.34. The zero-order valence-corrected chi connectivity index (χ0v) is 8.28. The molecule has 2 rings (SSSR count). The van der Waals surface area contributed by atoms with Crippen LogP contribution in [-0.4, -0.2) is 9.97 Å². The Morgan fingerprint density at radius 1 is 1.29 bits per heavy atom. The molecule has 0 unspecified atom stereocenters. The van der Waals surface area contributed by atoms with Crippen LogP contribution in [0.1, 0.15) is 5.56 Å². The second-order valence-corrected chi connectivity index (χ2v) is 3.52. The van der Waals surface area contributed by atoms with Crippen molar-refractivity contribution in [2.45, 2.75) is 6.18 Å². The van der Waals surface area contributed by atoms with Gasteiger partial charge in [-0.15, -0.1) is 0 Å². The summed E-state index contributed by atoms with van der Waals surface area (Å²) >= 11 is 2.89. The Morgan fingerprint density at radius 3 is 2.64 bits per heavy atom. The van der Waals surface area contributed by atoms with Gasteiger partial charge < -0.3 is 4.98 Å². The third kappa shape index (κ3) is 1.39. The third-order valence-corrected chi connectivity index (χ3v) is 2.64. The van der Waals surface area contributed by atoms with Crippen molar-refractivity contribution >= 4 is 27.0 Å². The average Bonchev–Trinajstić information content (AvgIpc) is 2.50. The molecule has 0 saturated heterocycles. The van der Waals surface area contributed by atoms with Crippen molar-refractivity contribution in [1.82, 2.24) is 9.97 Å². The van der Waals surface area contributed by atoms with Crippen molar-refractivity contribution < 1.29 is 13.2 Å². The van der Waals surface area contributed by atoms with Crippen molar-refractivity contribution in [3.05, 3.63) is 28.5 Å². The minimum absolute atomic E-state index is 0.0243. The number of aromatic amines is 1. The van der Waals surface area contributed by atoms with Crippen LogP contribution in [0.3, 0.4) is 0 Å². The van der Waals surface area contributed by atoms with Crippen molar-refractivity contribution in [2.75, 3.05) is 0 Å². The molecule has 1 heterocycles. The van der Waals surface area contributed by atoms with Gasteiger partial charge in [-0.2, -0.15) is 13.2 Å². The van der Waals surface area contributed by atoms with Crippen LogP contribution in [0, 0.1) is 0 Å². The Hall–Kier alpha value is -1.04. The Bertz CT molecular complexity index is 475. The van der Waals surface area contributed by atoms with E-state index in [-0.39, 0.29) is 4.47 Å². The highest BCUT2D eigenvalue weighted by Gasteiger charge is 2.33. The smallest absolute Gasteiger partial charge is 0.345 e. The van der Waals surface area contributed by atoms with E-state index < -0.39 is 11.7 Å². The van der Waals surface area contributed by atoms with Crippen LogP contribution < -0.4 is 0 Å². The first-order chi connectivity index (χ1) is 6.50. The molecule has 6 heteroatoms. The van der Waals surface area contributed by atoms with Gasteiger partial charge in [-0.05, 0) is 28.1 Å². The predicted molar refractivity (Wildman–Crippen MR) is 48.8 cm³/mol. The van der Waals surface area contributed by atoms with Crippen molar-refractivity contribution in [3.8, 4) is 0 Å². The number of nitrogens with one attached hydrogen (secondary N) is 1. The van der Waals surface area contributed by atoms with E-state index in [9.17, 15) is 13.2 Å². The van der Waals surface area contributed by atoms with Gasteiger partial charge in [-0.25, -0.2) is 4.98 Å². The summed E-state index contributed by atoms with van der Waals surface area (Å²) < 4.78 is 37.2. The standard InChI is InChI=1S/C8H4BrF3N2/c9-6-4(8(10,11)12)1-2-5-7(6)14-3-13-5/h1-3H,(H,13,14). The lowest BCUT2D eigenvalue weighted by molar-refractivity contribution is -0.138. The fourth-order valence-electron chi connectivity index (χ4n) is 1.19. The quantitative estimate of drug-likeness (QED) is 0.777. The van der Waals surface area contributed by atoms with Gasteiger partial charge in [0.05, 0.1) is 21.9 Å². The van der Waals surface area contributed by atoms with E-state index in [0.717, 1.165) is 6.07 Å². The summed E-state index contributed by atoms with van der Waals surface area (Å²) in [6.45, 7) is 0. The van der Waals surface area contributed by atoms with E-state index in [1.165, 1.54) is 12.4 Å². The Morgan fingerprint density at radius 2 is 2.00 bits per heavy atom. The second-order valence-electron chi connectivity index (χ2n) is 2.72. The lowest BCUT2D eigenvalue weighted by Gasteiger charge is -2.08. The molecule has 0 bridgehead atoms. The molecular weight excluding hydrogens is 261 g/mol. The van der Waals surface area contributed by atoms with Crippen molar-refractivity contribution in [3.63, 3.8) is 0 Å². The zero-order chi connectivity index (χ0) is 10.3. The highest BCUT2D eigenvalue weighted by atomic mass is 79.9. The van der Waals surface area contributed by atoms with E-state index >= 15 is 0 Å². The number of rotatable bonds is 0. The Labute approximate surface area is 85.3 Å². The lowest BCUT2D eigenvalue weighted by atomic mass is 10.2. The van der Waals surface area contributed by atoms with Gasteiger partial charge in [0.2, 0.25) is 0 Å². The molecule has 1 N–H and O–H groups in total. The summed E-state index contributed by atoms with van der Waals surface area (Å²) in [5.41, 5.74) is 0.154. The van der Waals surface area contributed by atoms with E-state index in [1.807, 2.05) is 0 Å². The second kappa shape index (κ2) is 2.98. The normalized spacial score (nSPS) is 12.3. The van der Waals surface area contributed by atoms with Gasteiger partial charge in [0, 0.05) is 0 Å². The minimum Gasteiger partial charge on any atom is -0.345 e. The monoisotopic (exact) mass is 264 g/mol. The van der Waals surface area contributed by atoms with Gasteiger partial charge in [0.15, 0.2) is 0 Å². The average molecular weight is 265 g/mol. The molecule has 14 heavy (non-hydrogen) atoms. The number of alkyl halides is 3. The van der Waals surface area contributed by atoms with Crippen LogP contribution in [0.2, 0.25) is 0 Å². The number of imidazole rings is 1. The van der Waals surface area contributed by atoms with Crippen molar-refractivity contribution in [1.29, 1.82) is 0 Å².